The van der Waals surface area contributed by atoms with Crippen molar-refractivity contribution in [3.05, 3.63) is 45.7 Å². The Bertz CT molecular complexity index is 1080. The first-order chi connectivity index (χ1) is 14.5. The molecule has 0 saturated heterocycles. The normalized spacial score (nSPS) is 15.0. The summed E-state index contributed by atoms with van der Waals surface area (Å²) in [5.74, 6) is -1.15. The predicted octanol–water partition coefficient (Wildman–Crippen LogP) is 3.61. The van der Waals surface area contributed by atoms with E-state index in [-0.39, 0.29) is 30.0 Å². The minimum atomic E-state index is -1.25. The zero-order valence-corrected chi connectivity index (χ0v) is 18.1. The predicted molar refractivity (Wildman–Crippen MR) is 114 cm³/mol. The second-order valence-electron chi connectivity index (χ2n) is 8.74. The number of hydrogen-bond donors (Lipinski definition) is 2. The van der Waals surface area contributed by atoms with Crippen molar-refractivity contribution in [1.29, 1.82) is 0 Å². The van der Waals surface area contributed by atoms with Gasteiger partial charge < -0.3 is 24.3 Å². The van der Waals surface area contributed by atoms with Gasteiger partial charge in [-0.2, -0.15) is 0 Å². The van der Waals surface area contributed by atoms with Crippen LogP contribution in [0.5, 0.6) is 11.5 Å². The SMILES string of the molecule is COc1cc2c(cc1OCCCC(=O)O)CC(C(C)(C)C)n1cc(C(=O)O)c(=O)cc1-2. The molecule has 2 heterocycles. The number of pyridine rings is 1. The smallest absolute Gasteiger partial charge is 0.341 e. The molecular formula is C23H27NO7. The first-order valence-electron chi connectivity index (χ1n) is 10.1. The van der Waals surface area contributed by atoms with Crippen LogP contribution in [0.3, 0.4) is 0 Å². The average molecular weight is 429 g/mol. The number of nitrogens with zero attached hydrogens (tertiary/aromatic N) is 1. The molecule has 166 valence electrons. The molecule has 1 atom stereocenters. The lowest BCUT2D eigenvalue weighted by Crippen LogP contribution is -2.32. The molecule has 0 spiro atoms. The highest BCUT2D eigenvalue weighted by molar-refractivity contribution is 5.88. The van der Waals surface area contributed by atoms with Gasteiger partial charge in [-0.1, -0.05) is 20.8 Å². The van der Waals surface area contributed by atoms with E-state index in [2.05, 4.69) is 20.8 Å². The lowest BCUT2D eigenvalue weighted by Gasteiger charge is -2.39. The summed E-state index contributed by atoms with van der Waals surface area (Å²) in [4.78, 5) is 34.7. The number of carboxylic acid groups (broad SMARTS) is 2. The highest BCUT2D eigenvalue weighted by Crippen LogP contribution is 2.45. The molecule has 31 heavy (non-hydrogen) atoms. The van der Waals surface area contributed by atoms with Crippen molar-refractivity contribution < 1.29 is 29.3 Å². The zero-order chi connectivity index (χ0) is 22.9. The molecule has 1 aromatic heterocycles. The number of aliphatic carboxylic acids is 1. The lowest BCUT2D eigenvalue weighted by atomic mass is 9.78. The van der Waals surface area contributed by atoms with Gasteiger partial charge in [0, 0.05) is 30.3 Å². The highest BCUT2D eigenvalue weighted by Gasteiger charge is 2.34. The first-order valence-corrected chi connectivity index (χ1v) is 10.1. The largest absolute Gasteiger partial charge is 0.493 e. The molecule has 3 rings (SSSR count). The van der Waals surface area contributed by atoms with Crippen molar-refractivity contribution >= 4 is 11.9 Å². The van der Waals surface area contributed by atoms with Crippen LogP contribution in [0.4, 0.5) is 0 Å². The number of carbonyl (C=O) groups is 2. The molecule has 0 aliphatic carbocycles. The van der Waals surface area contributed by atoms with Crippen LogP contribution in [-0.2, 0) is 11.2 Å². The van der Waals surface area contributed by atoms with Gasteiger partial charge in [-0.15, -0.1) is 0 Å². The number of aromatic nitrogens is 1. The van der Waals surface area contributed by atoms with Crippen molar-refractivity contribution in [2.24, 2.45) is 5.41 Å². The van der Waals surface area contributed by atoms with Crippen LogP contribution in [0.15, 0.2) is 29.2 Å². The Kier molecular flexibility index (Phi) is 6.10. The summed E-state index contributed by atoms with van der Waals surface area (Å²) in [6, 6.07) is 4.94. The molecule has 0 fully saturated rings. The van der Waals surface area contributed by atoms with E-state index in [1.54, 1.807) is 6.07 Å². The standard InChI is InChI=1S/C23H27NO7/c1-23(2,3)20-9-13-8-19(31-7-5-6-21(26)27)18(30-4)10-14(13)16-11-17(25)15(22(28)29)12-24(16)20/h8,10-12,20H,5-7,9H2,1-4H3,(H,26,27)(H,28,29). The van der Waals surface area contributed by atoms with E-state index >= 15 is 0 Å². The number of methoxy groups -OCH3 is 1. The second kappa shape index (κ2) is 8.45. The van der Waals surface area contributed by atoms with Gasteiger partial charge in [-0.25, -0.2) is 4.79 Å². The van der Waals surface area contributed by atoms with Gasteiger partial charge in [-0.3, -0.25) is 9.59 Å². The molecule has 0 radical (unpaired) electrons. The fraction of sp³-hybridized carbons (Fsp3) is 0.435. The Morgan fingerprint density at radius 2 is 1.87 bits per heavy atom. The van der Waals surface area contributed by atoms with Gasteiger partial charge in [-0.05, 0) is 36.0 Å². The number of benzene rings is 1. The summed E-state index contributed by atoms with van der Waals surface area (Å²) in [5, 5.41) is 18.2. The van der Waals surface area contributed by atoms with Gasteiger partial charge in [0.05, 0.1) is 19.4 Å². The number of ether oxygens (including phenoxy) is 2. The summed E-state index contributed by atoms with van der Waals surface area (Å²) < 4.78 is 13.1. The van der Waals surface area contributed by atoms with Crippen molar-refractivity contribution in [2.75, 3.05) is 13.7 Å². The summed E-state index contributed by atoms with van der Waals surface area (Å²) in [7, 11) is 1.51. The quantitative estimate of drug-likeness (QED) is 0.646. The minimum Gasteiger partial charge on any atom is -0.493 e. The molecular weight excluding hydrogens is 402 g/mol. The highest BCUT2D eigenvalue weighted by atomic mass is 16.5. The maximum Gasteiger partial charge on any atom is 0.341 e. The number of hydrogen-bond acceptors (Lipinski definition) is 5. The van der Waals surface area contributed by atoms with Crippen molar-refractivity contribution in [1.82, 2.24) is 4.57 Å². The Morgan fingerprint density at radius 3 is 2.45 bits per heavy atom. The molecule has 0 bridgehead atoms. The maximum absolute atomic E-state index is 12.5. The van der Waals surface area contributed by atoms with E-state index in [1.807, 2.05) is 10.6 Å². The average Bonchev–Trinajstić information content (AvgIpc) is 2.68. The third-order valence-electron chi connectivity index (χ3n) is 5.52. The fourth-order valence-corrected chi connectivity index (χ4v) is 3.90. The van der Waals surface area contributed by atoms with E-state index in [0.717, 1.165) is 11.1 Å². The van der Waals surface area contributed by atoms with Crippen LogP contribution in [0.25, 0.3) is 11.3 Å². The van der Waals surface area contributed by atoms with E-state index in [1.165, 1.54) is 19.4 Å². The van der Waals surface area contributed by atoms with Crippen LogP contribution in [0.1, 0.15) is 55.6 Å². The third-order valence-corrected chi connectivity index (χ3v) is 5.52. The van der Waals surface area contributed by atoms with Gasteiger partial charge >= 0.3 is 11.9 Å². The number of rotatable bonds is 7. The minimum absolute atomic E-state index is 0.0154. The number of fused-ring (bicyclic) bond motifs is 3. The van der Waals surface area contributed by atoms with Crippen LogP contribution in [-0.4, -0.2) is 40.4 Å². The first kappa shape index (κ1) is 22.4. The van der Waals surface area contributed by atoms with Crippen LogP contribution < -0.4 is 14.9 Å². The van der Waals surface area contributed by atoms with Gasteiger partial charge in [0.15, 0.2) is 16.9 Å². The van der Waals surface area contributed by atoms with Crippen molar-refractivity contribution in [2.45, 2.75) is 46.1 Å². The molecule has 1 aliphatic rings. The number of carboxylic acids is 2. The van der Waals surface area contributed by atoms with Gasteiger partial charge in [0.25, 0.3) is 0 Å². The van der Waals surface area contributed by atoms with Gasteiger partial charge in [0.2, 0.25) is 0 Å². The Hall–Kier alpha value is -3.29. The molecule has 8 nitrogen and oxygen atoms in total. The molecule has 2 aromatic rings. The van der Waals surface area contributed by atoms with Gasteiger partial charge in [0.1, 0.15) is 5.56 Å². The Morgan fingerprint density at radius 1 is 1.16 bits per heavy atom. The molecule has 0 saturated carbocycles. The number of aromatic carboxylic acids is 1. The molecule has 2 N–H and O–H groups in total. The maximum atomic E-state index is 12.5. The molecule has 1 aliphatic heterocycles. The fourth-order valence-electron chi connectivity index (χ4n) is 3.90. The zero-order valence-electron chi connectivity index (χ0n) is 18.1. The monoisotopic (exact) mass is 429 g/mol. The van der Waals surface area contributed by atoms with Crippen LogP contribution in [0, 0.1) is 5.41 Å². The molecule has 0 amide bonds. The van der Waals surface area contributed by atoms with Crippen molar-refractivity contribution in [3.63, 3.8) is 0 Å². The molecule has 1 unspecified atom stereocenters. The van der Waals surface area contributed by atoms with E-state index in [4.69, 9.17) is 14.6 Å². The van der Waals surface area contributed by atoms with E-state index in [0.29, 0.717) is 30.0 Å². The summed E-state index contributed by atoms with van der Waals surface area (Å²) in [6.07, 6.45) is 2.43. The summed E-state index contributed by atoms with van der Waals surface area (Å²) in [6.45, 7) is 6.44. The van der Waals surface area contributed by atoms with Crippen molar-refractivity contribution in [3.8, 4) is 22.8 Å². The summed E-state index contributed by atoms with van der Waals surface area (Å²) in [5.41, 5.74) is 1.35. The summed E-state index contributed by atoms with van der Waals surface area (Å²) >= 11 is 0. The van der Waals surface area contributed by atoms with Crippen LogP contribution in [0.2, 0.25) is 0 Å². The molecule has 1 aromatic carbocycles. The second-order valence-corrected chi connectivity index (χ2v) is 8.74. The van der Waals surface area contributed by atoms with E-state index < -0.39 is 17.4 Å². The Labute approximate surface area is 180 Å². The third kappa shape index (κ3) is 4.57. The topological polar surface area (TPSA) is 115 Å². The molecule has 8 heteroatoms. The van der Waals surface area contributed by atoms with Crippen LogP contribution >= 0.6 is 0 Å². The Balaban J connectivity index is 2.10. The van der Waals surface area contributed by atoms with E-state index in [9.17, 15) is 19.5 Å². The lowest BCUT2D eigenvalue weighted by molar-refractivity contribution is -0.137.